The van der Waals surface area contributed by atoms with Crippen molar-refractivity contribution in [3.8, 4) is 0 Å². The van der Waals surface area contributed by atoms with Crippen LogP contribution in [0.3, 0.4) is 0 Å². The Morgan fingerprint density at radius 2 is 1.29 bits per heavy atom. The molecule has 0 aliphatic heterocycles. The first-order chi connectivity index (χ1) is 18.2. The average Bonchev–Trinajstić information content (AvgIpc) is 2.90. The Morgan fingerprint density at radius 1 is 0.684 bits per heavy atom. The van der Waals surface area contributed by atoms with Gasteiger partial charge in [-0.3, -0.25) is 14.3 Å². The lowest BCUT2D eigenvalue weighted by molar-refractivity contribution is 0.0940. The summed E-state index contributed by atoms with van der Waals surface area (Å²) in [4.78, 5) is 26.4. The number of anilines is 2. The van der Waals surface area contributed by atoms with E-state index in [1.54, 1.807) is 61.5 Å². The fourth-order valence-electron chi connectivity index (χ4n) is 3.99. The minimum absolute atomic E-state index is 0.127. The summed E-state index contributed by atoms with van der Waals surface area (Å²) in [5.74, 6) is -0.788. The van der Waals surface area contributed by atoms with Gasteiger partial charge in [0, 0.05) is 5.56 Å². The van der Waals surface area contributed by atoms with Crippen molar-refractivity contribution in [2.24, 2.45) is 0 Å². The highest BCUT2D eigenvalue weighted by Crippen LogP contribution is 2.25. The van der Waals surface area contributed by atoms with Crippen LogP contribution in [0.1, 0.15) is 50.4 Å². The summed E-state index contributed by atoms with van der Waals surface area (Å²) in [6.45, 7) is 5.44. The number of aryl methyl sites for hydroxylation is 1. The fourth-order valence-corrected chi connectivity index (χ4v) is 5.12. The number of rotatable bonds is 8. The lowest BCUT2D eigenvalue weighted by Gasteiger charge is -2.17. The second-order valence-corrected chi connectivity index (χ2v) is 10.7. The van der Waals surface area contributed by atoms with Gasteiger partial charge in [0.25, 0.3) is 21.8 Å². The molecule has 0 aromatic heterocycles. The molecule has 1 unspecified atom stereocenters. The van der Waals surface area contributed by atoms with Gasteiger partial charge < -0.3 is 10.6 Å². The zero-order valence-electron chi connectivity index (χ0n) is 21.4. The first-order valence-corrected chi connectivity index (χ1v) is 13.6. The molecule has 38 heavy (non-hydrogen) atoms. The van der Waals surface area contributed by atoms with Crippen LogP contribution in [0.15, 0.2) is 102 Å². The van der Waals surface area contributed by atoms with Crippen LogP contribution in [0.5, 0.6) is 0 Å². The van der Waals surface area contributed by atoms with Crippen molar-refractivity contribution in [2.45, 2.75) is 31.7 Å². The second kappa shape index (κ2) is 11.3. The standard InChI is InChI=1S/C30H29N3O4S/c1-20-16-18-24(19-17-20)38(36,37)33-27-15-9-13-25(21(27)2)29(34)32-28-14-8-7-12-26(28)30(35)31-22(3)23-10-5-4-6-11-23/h4-19,22,33H,1-3H3,(H,31,35)(H,32,34). The number of carbonyl (C=O) groups excluding carboxylic acids is 2. The molecule has 4 rings (SSSR count). The molecule has 0 bridgehead atoms. The van der Waals surface area contributed by atoms with Crippen LogP contribution in [-0.2, 0) is 10.0 Å². The number of hydrogen-bond acceptors (Lipinski definition) is 4. The predicted octanol–water partition coefficient (Wildman–Crippen LogP) is 5.85. The van der Waals surface area contributed by atoms with Crippen LogP contribution in [0.25, 0.3) is 0 Å². The van der Waals surface area contributed by atoms with E-state index < -0.39 is 15.9 Å². The monoisotopic (exact) mass is 527 g/mol. The van der Waals surface area contributed by atoms with Gasteiger partial charge in [-0.2, -0.15) is 0 Å². The van der Waals surface area contributed by atoms with E-state index in [-0.39, 0.29) is 22.4 Å². The summed E-state index contributed by atoms with van der Waals surface area (Å²) in [6.07, 6.45) is 0. The van der Waals surface area contributed by atoms with Crippen LogP contribution in [0.2, 0.25) is 0 Å². The highest BCUT2D eigenvalue weighted by atomic mass is 32.2. The van der Waals surface area contributed by atoms with E-state index in [0.29, 0.717) is 22.5 Å². The maximum Gasteiger partial charge on any atom is 0.261 e. The summed E-state index contributed by atoms with van der Waals surface area (Å²) in [7, 11) is -3.84. The molecule has 4 aromatic rings. The second-order valence-electron chi connectivity index (χ2n) is 9.00. The predicted molar refractivity (Wildman–Crippen MR) is 150 cm³/mol. The van der Waals surface area contributed by atoms with Crippen molar-refractivity contribution in [2.75, 3.05) is 10.0 Å². The molecule has 0 saturated heterocycles. The molecule has 3 N–H and O–H groups in total. The van der Waals surface area contributed by atoms with E-state index in [1.165, 1.54) is 12.1 Å². The molecule has 7 nitrogen and oxygen atoms in total. The summed E-state index contributed by atoms with van der Waals surface area (Å²) >= 11 is 0. The number of carbonyl (C=O) groups is 2. The molecule has 1 atom stereocenters. The smallest absolute Gasteiger partial charge is 0.261 e. The van der Waals surface area contributed by atoms with Gasteiger partial charge in [-0.15, -0.1) is 0 Å². The molecule has 0 fully saturated rings. The van der Waals surface area contributed by atoms with E-state index in [2.05, 4.69) is 15.4 Å². The lowest BCUT2D eigenvalue weighted by Crippen LogP contribution is -2.28. The zero-order valence-corrected chi connectivity index (χ0v) is 22.2. The Bertz CT molecular complexity index is 1570. The maximum atomic E-state index is 13.3. The Balaban J connectivity index is 1.53. The molecule has 0 aliphatic carbocycles. The normalized spacial score (nSPS) is 11.9. The third-order valence-corrected chi connectivity index (χ3v) is 7.60. The molecule has 0 radical (unpaired) electrons. The quantitative estimate of drug-likeness (QED) is 0.267. The van der Waals surface area contributed by atoms with Crippen molar-refractivity contribution >= 4 is 33.2 Å². The molecule has 2 amide bonds. The summed E-state index contributed by atoms with van der Waals surface area (Å²) < 4.78 is 28.4. The number of nitrogens with one attached hydrogen (secondary N) is 3. The summed E-state index contributed by atoms with van der Waals surface area (Å²) in [5, 5.41) is 5.78. The first kappa shape index (κ1) is 26.6. The first-order valence-electron chi connectivity index (χ1n) is 12.1. The fraction of sp³-hybridized carbons (Fsp3) is 0.133. The Hall–Kier alpha value is -4.43. The van der Waals surface area contributed by atoms with Crippen molar-refractivity contribution in [1.29, 1.82) is 0 Å². The zero-order chi connectivity index (χ0) is 27.3. The molecule has 0 saturated carbocycles. The third kappa shape index (κ3) is 6.10. The van der Waals surface area contributed by atoms with Crippen LogP contribution in [0, 0.1) is 13.8 Å². The van der Waals surface area contributed by atoms with E-state index in [0.717, 1.165) is 11.1 Å². The number of hydrogen-bond donors (Lipinski definition) is 3. The number of amides is 2. The van der Waals surface area contributed by atoms with E-state index in [9.17, 15) is 18.0 Å². The topological polar surface area (TPSA) is 104 Å². The van der Waals surface area contributed by atoms with Crippen LogP contribution < -0.4 is 15.4 Å². The number of para-hydroxylation sites is 1. The maximum absolute atomic E-state index is 13.3. The molecule has 8 heteroatoms. The highest BCUT2D eigenvalue weighted by molar-refractivity contribution is 7.92. The van der Waals surface area contributed by atoms with Crippen molar-refractivity contribution in [3.63, 3.8) is 0 Å². The van der Waals surface area contributed by atoms with E-state index in [4.69, 9.17) is 0 Å². The third-order valence-electron chi connectivity index (χ3n) is 6.22. The molecule has 194 valence electrons. The SMILES string of the molecule is Cc1ccc(S(=O)(=O)Nc2cccc(C(=O)Nc3ccccc3C(=O)NC(C)c3ccccc3)c2C)cc1. The van der Waals surface area contributed by atoms with Crippen LogP contribution in [-0.4, -0.2) is 20.2 Å². The van der Waals surface area contributed by atoms with Crippen molar-refractivity contribution in [1.82, 2.24) is 5.32 Å². The Labute approximate surface area is 223 Å². The Kier molecular flexibility index (Phi) is 7.93. The average molecular weight is 528 g/mol. The largest absolute Gasteiger partial charge is 0.345 e. The highest BCUT2D eigenvalue weighted by Gasteiger charge is 2.20. The molecule has 4 aromatic carbocycles. The van der Waals surface area contributed by atoms with Gasteiger partial charge >= 0.3 is 0 Å². The van der Waals surface area contributed by atoms with Crippen molar-refractivity contribution in [3.05, 3.63) is 125 Å². The van der Waals surface area contributed by atoms with Gasteiger partial charge in [-0.05, 0) is 68.3 Å². The van der Waals surface area contributed by atoms with Gasteiger partial charge in [0.15, 0.2) is 0 Å². The van der Waals surface area contributed by atoms with Gasteiger partial charge in [-0.1, -0.05) is 66.2 Å². The van der Waals surface area contributed by atoms with Gasteiger partial charge in [0.1, 0.15) is 0 Å². The lowest BCUT2D eigenvalue weighted by atomic mass is 10.1. The van der Waals surface area contributed by atoms with E-state index >= 15 is 0 Å². The molecule has 0 spiro atoms. The van der Waals surface area contributed by atoms with Gasteiger partial charge in [-0.25, -0.2) is 8.42 Å². The van der Waals surface area contributed by atoms with Crippen LogP contribution >= 0.6 is 0 Å². The number of sulfonamides is 1. The van der Waals surface area contributed by atoms with Gasteiger partial charge in [0.05, 0.1) is 27.9 Å². The molecule has 0 aliphatic rings. The molecule has 0 heterocycles. The van der Waals surface area contributed by atoms with E-state index in [1.807, 2.05) is 44.2 Å². The molecular weight excluding hydrogens is 498 g/mol. The van der Waals surface area contributed by atoms with Crippen molar-refractivity contribution < 1.29 is 18.0 Å². The van der Waals surface area contributed by atoms with Gasteiger partial charge in [0.2, 0.25) is 0 Å². The van der Waals surface area contributed by atoms with Crippen LogP contribution in [0.4, 0.5) is 11.4 Å². The minimum Gasteiger partial charge on any atom is -0.345 e. The summed E-state index contributed by atoms with van der Waals surface area (Å²) in [6, 6.07) is 27.4. The minimum atomic E-state index is -3.84. The Morgan fingerprint density at radius 3 is 2.00 bits per heavy atom. The number of benzene rings is 4. The summed E-state index contributed by atoms with van der Waals surface area (Å²) in [5.41, 5.74) is 3.60. The molecular formula is C30H29N3O4S.